The van der Waals surface area contributed by atoms with E-state index in [4.69, 9.17) is 4.42 Å². The quantitative estimate of drug-likeness (QED) is 0.662. The first kappa shape index (κ1) is 15.8. The van der Waals surface area contributed by atoms with Crippen LogP contribution in [0.4, 0.5) is 0 Å². The second-order valence-corrected chi connectivity index (χ2v) is 6.97. The average Bonchev–Trinajstić information content (AvgIpc) is 2.89. The van der Waals surface area contributed by atoms with Gasteiger partial charge in [-0.05, 0) is 34.5 Å². The molecular weight excluding hydrogens is 338 g/mol. The topological polar surface area (TPSA) is 40.8 Å². The largest absolute Gasteiger partial charge is 0.454 e. The molecule has 1 aliphatic heterocycles. The predicted octanol–water partition coefficient (Wildman–Crippen LogP) is 2.99. The van der Waals surface area contributed by atoms with Gasteiger partial charge in [-0.3, -0.25) is 4.99 Å². The van der Waals surface area contributed by atoms with Crippen LogP contribution in [0.5, 0.6) is 0 Å². The van der Waals surface area contributed by atoms with Gasteiger partial charge in [-0.2, -0.15) is 11.8 Å². The summed E-state index contributed by atoms with van der Waals surface area (Å²) >= 11 is 5.40. The summed E-state index contributed by atoms with van der Waals surface area (Å²) < 4.78 is 6.29. The van der Waals surface area contributed by atoms with E-state index in [0.717, 1.165) is 47.7 Å². The Kier molecular flexibility index (Phi) is 6.29. The summed E-state index contributed by atoms with van der Waals surface area (Å²) in [7, 11) is 1.86. The van der Waals surface area contributed by atoms with Gasteiger partial charge in [0.1, 0.15) is 5.76 Å². The highest BCUT2D eigenvalue weighted by atomic mass is 79.9. The van der Waals surface area contributed by atoms with E-state index < -0.39 is 0 Å². The Morgan fingerprint density at radius 2 is 2.45 bits per heavy atom. The zero-order chi connectivity index (χ0) is 14.4. The van der Waals surface area contributed by atoms with Crippen LogP contribution in [0.2, 0.25) is 0 Å². The van der Waals surface area contributed by atoms with Crippen LogP contribution in [0, 0.1) is 0 Å². The van der Waals surface area contributed by atoms with Gasteiger partial charge < -0.3 is 14.6 Å². The van der Waals surface area contributed by atoms with E-state index >= 15 is 0 Å². The Bertz CT molecular complexity index is 449. The van der Waals surface area contributed by atoms with Crippen molar-refractivity contribution >= 4 is 33.7 Å². The van der Waals surface area contributed by atoms with Crippen molar-refractivity contribution in [1.82, 2.24) is 10.2 Å². The van der Waals surface area contributed by atoms with Crippen molar-refractivity contribution < 1.29 is 4.42 Å². The minimum atomic E-state index is 0.725. The molecule has 4 nitrogen and oxygen atoms in total. The summed E-state index contributed by atoms with van der Waals surface area (Å²) in [6.45, 7) is 5.26. The Morgan fingerprint density at radius 3 is 3.10 bits per heavy atom. The molecule has 2 rings (SSSR count). The van der Waals surface area contributed by atoms with E-state index in [2.05, 4.69) is 49.8 Å². The summed E-state index contributed by atoms with van der Waals surface area (Å²) in [5.74, 6) is 3.18. The molecule has 1 fully saturated rings. The number of furan rings is 1. The molecular formula is C14H22BrN3OS. The first-order chi connectivity index (χ1) is 9.72. The van der Waals surface area contributed by atoms with Crippen molar-refractivity contribution in [2.24, 2.45) is 4.99 Å². The molecule has 1 atom stereocenters. The van der Waals surface area contributed by atoms with Crippen LogP contribution >= 0.6 is 27.7 Å². The van der Waals surface area contributed by atoms with Gasteiger partial charge in [0.25, 0.3) is 0 Å². The predicted molar refractivity (Wildman–Crippen MR) is 89.6 cm³/mol. The first-order valence-corrected chi connectivity index (χ1v) is 8.88. The molecule has 0 bridgehead atoms. The number of aliphatic imine (C=N–C) groups is 1. The first-order valence-electron chi connectivity index (χ1n) is 7.04. The van der Waals surface area contributed by atoms with Gasteiger partial charge in [-0.25, -0.2) is 0 Å². The third kappa shape index (κ3) is 4.45. The van der Waals surface area contributed by atoms with Crippen LogP contribution in [0.1, 0.15) is 19.1 Å². The number of nitrogens with zero attached hydrogens (tertiary/aromatic N) is 2. The number of halogens is 1. The highest BCUT2D eigenvalue weighted by Gasteiger charge is 2.21. The minimum Gasteiger partial charge on any atom is -0.454 e. The lowest BCUT2D eigenvalue weighted by atomic mass is 10.3. The number of hydrogen-bond acceptors (Lipinski definition) is 3. The van der Waals surface area contributed by atoms with E-state index in [1.165, 1.54) is 12.2 Å². The zero-order valence-electron chi connectivity index (χ0n) is 12.1. The molecule has 2 heterocycles. The fourth-order valence-corrected chi connectivity index (χ4v) is 3.79. The molecule has 1 unspecified atom stereocenters. The minimum absolute atomic E-state index is 0.725. The van der Waals surface area contributed by atoms with Crippen molar-refractivity contribution in [2.45, 2.75) is 25.0 Å². The molecule has 1 aliphatic rings. The van der Waals surface area contributed by atoms with Crippen molar-refractivity contribution in [1.29, 1.82) is 0 Å². The summed E-state index contributed by atoms with van der Waals surface area (Å²) in [6.07, 6.45) is 2.09. The summed E-state index contributed by atoms with van der Waals surface area (Å²) in [4.78, 5) is 6.76. The van der Waals surface area contributed by atoms with Crippen LogP contribution in [0.25, 0.3) is 0 Å². The molecule has 0 spiro atoms. The zero-order valence-corrected chi connectivity index (χ0v) is 14.5. The molecule has 112 valence electrons. The molecule has 0 aliphatic carbocycles. The molecule has 1 aromatic rings. The lowest BCUT2D eigenvalue weighted by molar-refractivity contribution is 0.407. The number of guanidine groups is 1. The normalized spacial score (nSPS) is 20.2. The Balaban J connectivity index is 1.80. The number of hydrogen-bond donors (Lipinski definition) is 1. The molecule has 20 heavy (non-hydrogen) atoms. The lowest BCUT2D eigenvalue weighted by Gasteiger charge is -2.34. The Hall–Kier alpha value is -0.620. The third-order valence-corrected chi connectivity index (χ3v) is 5.19. The number of rotatable bonds is 4. The smallest absolute Gasteiger partial charge is 0.193 e. The van der Waals surface area contributed by atoms with Crippen molar-refractivity contribution in [3.05, 3.63) is 22.6 Å². The standard InChI is InChI=1S/C14H22BrN3OS/c1-3-12-10-18(8-9-20-12)14(16-2)17-7-6-11-4-5-13(15)19-11/h4-5,12H,3,6-10H2,1-2H3,(H,16,17). The van der Waals surface area contributed by atoms with Gasteiger partial charge in [0.15, 0.2) is 10.6 Å². The van der Waals surface area contributed by atoms with E-state index in [9.17, 15) is 0 Å². The molecule has 0 saturated carbocycles. The second-order valence-electron chi connectivity index (χ2n) is 4.78. The second kappa shape index (κ2) is 7.98. The Morgan fingerprint density at radius 1 is 1.60 bits per heavy atom. The van der Waals surface area contributed by atoms with Gasteiger partial charge in [-0.15, -0.1) is 0 Å². The van der Waals surface area contributed by atoms with E-state index in [1.54, 1.807) is 0 Å². The molecule has 6 heteroatoms. The Labute approximate surface area is 133 Å². The SMILES string of the molecule is CCC1CN(C(=NC)NCCc2ccc(Br)o2)CCS1. The number of nitrogens with one attached hydrogen (secondary N) is 1. The van der Waals surface area contributed by atoms with Gasteiger partial charge >= 0.3 is 0 Å². The molecule has 0 aromatic carbocycles. The van der Waals surface area contributed by atoms with Crippen LogP contribution in [-0.2, 0) is 6.42 Å². The van der Waals surface area contributed by atoms with Crippen LogP contribution in [0.15, 0.2) is 26.2 Å². The van der Waals surface area contributed by atoms with Crippen molar-refractivity contribution in [3.63, 3.8) is 0 Å². The maximum atomic E-state index is 5.50. The lowest BCUT2D eigenvalue weighted by Crippen LogP contribution is -2.48. The fraction of sp³-hybridized carbons (Fsp3) is 0.643. The monoisotopic (exact) mass is 359 g/mol. The van der Waals surface area contributed by atoms with Crippen LogP contribution in [0.3, 0.4) is 0 Å². The van der Waals surface area contributed by atoms with Gasteiger partial charge in [0.2, 0.25) is 0 Å². The summed E-state index contributed by atoms with van der Waals surface area (Å²) in [5.41, 5.74) is 0. The average molecular weight is 360 g/mol. The summed E-state index contributed by atoms with van der Waals surface area (Å²) in [5, 5.41) is 4.16. The van der Waals surface area contributed by atoms with Crippen molar-refractivity contribution in [2.75, 3.05) is 32.4 Å². The maximum absolute atomic E-state index is 5.50. The van der Waals surface area contributed by atoms with Gasteiger partial charge in [-0.1, -0.05) is 6.92 Å². The van der Waals surface area contributed by atoms with Crippen LogP contribution in [-0.4, -0.2) is 48.5 Å². The molecule has 0 radical (unpaired) electrons. The molecule has 1 aromatic heterocycles. The molecule has 1 N–H and O–H groups in total. The summed E-state index contributed by atoms with van der Waals surface area (Å²) in [6, 6.07) is 3.93. The van der Waals surface area contributed by atoms with Crippen LogP contribution < -0.4 is 5.32 Å². The number of thioether (sulfide) groups is 1. The molecule has 1 saturated heterocycles. The molecule has 0 amide bonds. The van der Waals surface area contributed by atoms with E-state index in [0.29, 0.717) is 0 Å². The maximum Gasteiger partial charge on any atom is 0.193 e. The van der Waals surface area contributed by atoms with E-state index in [-0.39, 0.29) is 0 Å². The van der Waals surface area contributed by atoms with Gasteiger partial charge in [0, 0.05) is 44.1 Å². The highest BCUT2D eigenvalue weighted by molar-refractivity contribution is 9.10. The van der Waals surface area contributed by atoms with Crippen molar-refractivity contribution in [3.8, 4) is 0 Å². The van der Waals surface area contributed by atoms with Gasteiger partial charge in [0.05, 0.1) is 0 Å². The highest BCUT2D eigenvalue weighted by Crippen LogP contribution is 2.21. The van der Waals surface area contributed by atoms with E-state index in [1.807, 2.05) is 19.2 Å². The third-order valence-electron chi connectivity index (χ3n) is 3.39. The fourth-order valence-electron chi connectivity index (χ4n) is 2.27.